The molecule has 0 bridgehead atoms. The topological polar surface area (TPSA) is 40.5 Å². The highest BCUT2D eigenvalue weighted by molar-refractivity contribution is 5.01. The minimum Gasteiger partial charge on any atom is -0.393 e. The summed E-state index contributed by atoms with van der Waals surface area (Å²) in [5, 5.41) is 19.8. The molecule has 2 nitrogen and oxygen atoms in total. The normalized spacial score (nSPS) is 38.9. The number of halogens is 3. The molecular formula is C18H31F3O2. The van der Waals surface area contributed by atoms with Crippen LogP contribution in [0.2, 0.25) is 0 Å². The Labute approximate surface area is 137 Å². The first-order valence-electron chi connectivity index (χ1n) is 8.96. The predicted molar refractivity (Wildman–Crippen MR) is 83.9 cm³/mol. The molecule has 2 saturated carbocycles. The first kappa shape index (κ1) is 19.0. The molecule has 0 aliphatic heterocycles. The minimum absolute atomic E-state index is 0.129. The van der Waals surface area contributed by atoms with E-state index in [0.717, 1.165) is 39.0 Å². The molecule has 0 amide bonds. The van der Waals surface area contributed by atoms with Crippen LogP contribution in [0.1, 0.15) is 72.1 Å². The van der Waals surface area contributed by atoms with Gasteiger partial charge >= 0.3 is 6.18 Å². The van der Waals surface area contributed by atoms with Gasteiger partial charge in [0.15, 0.2) is 5.60 Å². The van der Waals surface area contributed by atoms with E-state index in [0.29, 0.717) is 30.6 Å². The van der Waals surface area contributed by atoms with Crippen molar-refractivity contribution in [2.24, 2.45) is 23.2 Å². The summed E-state index contributed by atoms with van der Waals surface area (Å²) < 4.78 is 38.1. The molecular weight excluding hydrogens is 305 g/mol. The van der Waals surface area contributed by atoms with E-state index in [1.54, 1.807) is 0 Å². The summed E-state index contributed by atoms with van der Waals surface area (Å²) in [4.78, 5) is 0. The van der Waals surface area contributed by atoms with Gasteiger partial charge < -0.3 is 10.2 Å². The SMILES string of the molecule is CC(CCC[C@@](C)(O)C(F)(F)F)[C@H]1CC[C@H]2[C@@H](O)CCC[C@]12C. The van der Waals surface area contributed by atoms with Gasteiger partial charge in [0.05, 0.1) is 6.10 Å². The van der Waals surface area contributed by atoms with Crippen LogP contribution in [-0.4, -0.2) is 28.1 Å². The van der Waals surface area contributed by atoms with Crippen molar-refractivity contribution in [1.82, 2.24) is 0 Å². The molecule has 0 aromatic carbocycles. The second-order valence-electron chi connectivity index (χ2n) is 8.40. The maximum Gasteiger partial charge on any atom is 0.416 e. The van der Waals surface area contributed by atoms with Crippen LogP contribution in [0.25, 0.3) is 0 Å². The van der Waals surface area contributed by atoms with E-state index in [4.69, 9.17) is 0 Å². The number of hydrogen-bond acceptors (Lipinski definition) is 2. The van der Waals surface area contributed by atoms with Crippen molar-refractivity contribution in [3.05, 3.63) is 0 Å². The van der Waals surface area contributed by atoms with E-state index >= 15 is 0 Å². The Morgan fingerprint density at radius 2 is 1.87 bits per heavy atom. The van der Waals surface area contributed by atoms with Crippen molar-refractivity contribution < 1.29 is 23.4 Å². The summed E-state index contributed by atoms with van der Waals surface area (Å²) in [6, 6.07) is 0. The minimum atomic E-state index is -4.56. The second kappa shape index (κ2) is 6.55. The number of aliphatic hydroxyl groups is 2. The van der Waals surface area contributed by atoms with Crippen molar-refractivity contribution in [2.75, 3.05) is 0 Å². The van der Waals surface area contributed by atoms with Crippen LogP contribution in [0, 0.1) is 23.2 Å². The lowest BCUT2D eigenvalue weighted by Gasteiger charge is -2.45. The summed E-state index contributed by atoms with van der Waals surface area (Å²) in [7, 11) is 0. The Hall–Kier alpha value is -0.290. The molecule has 0 aromatic heterocycles. The molecule has 0 radical (unpaired) electrons. The van der Waals surface area contributed by atoms with Crippen LogP contribution in [-0.2, 0) is 0 Å². The fourth-order valence-electron chi connectivity index (χ4n) is 5.24. The predicted octanol–water partition coefficient (Wildman–Crippen LogP) is 4.68. The third-order valence-electron chi connectivity index (χ3n) is 6.78. The summed E-state index contributed by atoms with van der Waals surface area (Å²) in [5.41, 5.74) is -2.46. The third-order valence-corrected chi connectivity index (χ3v) is 6.78. The lowest BCUT2D eigenvalue weighted by Crippen LogP contribution is -2.42. The number of alkyl halides is 3. The van der Waals surface area contributed by atoms with Crippen molar-refractivity contribution in [1.29, 1.82) is 0 Å². The van der Waals surface area contributed by atoms with E-state index < -0.39 is 11.8 Å². The zero-order valence-electron chi connectivity index (χ0n) is 14.5. The molecule has 2 aliphatic rings. The molecule has 23 heavy (non-hydrogen) atoms. The van der Waals surface area contributed by atoms with E-state index in [1.165, 1.54) is 0 Å². The van der Waals surface area contributed by atoms with Crippen molar-refractivity contribution in [3.63, 3.8) is 0 Å². The van der Waals surface area contributed by atoms with Gasteiger partial charge in [0.25, 0.3) is 0 Å². The Bertz CT molecular complexity index is 408. The number of aliphatic hydroxyl groups excluding tert-OH is 1. The van der Waals surface area contributed by atoms with Gasteiger partial charge in [-0.15, -0.1) is 0 Å². The van der Waals surface area contributed by atoms with Crippen LogP contribution in [0.15, 0.2) is 0 Å². The Balaban J connectivity index is 1.90. The average molecular weight is 336 g/mol. The van der Waals surface area contributed by atoms with Crippen molar-refractivity contribution in [3.8, 4) is 0 Å². The molecule has 136 valence electrons. The van der Waals surface area contributed by atoms with E-state index in [9.17, 15) is 23.4 Å². The molecule has 0 saturated heterocycles. The lowest BCUT2D eigenvalue weighted by molar-refractivity contribution is -0.255. The molecule has 5 heteroatoms. The van der Waals surface area contributed by atoms with Gasteiger partial charge in [-0.2, -0.15) is 13.2 Å². The van der Waals surface area contributed by atoms with Gasteiger partial charge in [-0.25, -0.2) is 0 Å². The van der Waals surface area contributed by atoms with Gasteiger partial charge in [0, 0.05) is 0 Å². The van der Waals surface area contributed by atoms with Crippen LogP contribution < -0.4 is 0 Å². The molecule has 2 N–H and O–H groups in total. The smallest absolute Gasteiger partial charge is 0.393 e. The van der Waals surface area contributed by atoms with Gasteiger partial charge in [-0.05, 0) is 68.6 Å². The highest BCUT2D eigenvalue weighted by atomic mass is 19.4. The fraction of sp³-hybridized carbons (Fsp3) is 1.00. The molecule has 6 atom stereocenters. The third kappa shape index (κ3) is 3.71. The van der Waals surface area contributed by atoms with Gasteiger partial charge in [-0.1, -0.05) is 26.7 Å². The van der Waals surface area contributed by atoms with Crippen molar-refractivity contribution >= 4 is 0 Å². The van der Waals surface area contributed by atoms with Crippen LogP contribution in [0.5, 0.6) is 0 Å². The molecule has 0 heterocycles. The summed E-state index contributed by atoms with van der Waals surface area (Å²) in [6.07, 6.45) is 1.21. The number of fused-ring (bicyclic) bond motifs is 1. The first-order chi connectivity index (χ1) is 10.5. The molecule has 2 fully saturated rings. The molecule has 0 aromatic rings. The van der Waals surface area contributed by atoms with Crippen LogP contribution >= 0.6 is 0 Å². The Morgan fingerprint density at radius 1 is 1.22 bits per heavy atom. The van der Waals surface area contributed by atoms with Crippen molar-refractivity contribution in [2.45, 2.75) is 90.0 Å². The molecule has 2 rings (SSSR count). The molecule has 0 spiro atoms. The standard InChI is InChI=1S/C18H31F3O2/c1-12(6-4-11-17(3,23)18(19,20)21)13-8-9-14-15(22)7-5-10-16(13,14)2/h12-15,22-23H,4-11H2,1-3H3/t12?,13-,14+,15+,16-,17-/m1/s1. The van der Waals surface area contributed by atoms with E-state index in [1.807, 2.05) is 0 Å². The highest BCUT2D eigenvalue weighted by Crippen LogP contribution is 2.58. The fourth-order valence-corrected chi connectivity index (χ4v) is 5.24. The highest BCUT2D eigenvalue weighted by Gasteiger charge is 2.52. The van der Waals surface area contributed by atoms with Gasteiger partial charge in [-0.3, -0.25) is 0 Å². The zero-order chi connectivity index (χ0) is 17.5. The second-order valence-corrected chi connectivity index (χ2v) is 8.40. The Morgan fingerprint density at radius 3 is 2.48 bits per heavy atom. The van der Waals surface area contributed by atoms with Crippen LogP contribution in [0.4, 0.5) is 13.2 Å². The summed E-state index contributed by atoms with van der Waals surface area (Å²) >= 11 is 0. The maximum atomic E-state index is 12.7. The maximum absolute atomic E-state index is 12.7. The lowest BCUT2D eigenvalue weighted by atomic mass is 9.61. The molecule has 1 unspecified atom stereocenters. The van der Waals surface area contributed by atoms with E-state index in [2.05, 4.69) is 13.8 Å². The first-order valence-corrected chi connectivity index (χ1v) is 8.96. The molecule has 2 aliphatic carbocycles. The average Bonchev–Trinajstić information content (AvgIpc) is 2.75. The van der Waals surface area contributed by atoms with Crippen LogP contribution in [0.3, 0.4) is 0 Å². The largest absolute Gasteiger partial charge is 0.416 e. The zero-order valence-corrected chi connectivity index (χ0v) is 14.5. The summed E-state index contributed by atoms with van der Waals surface area (Å²) in [6.45, 7) is 5.25. The number of rotatable bonds is 5. The Kier molecular flexibility index (Phi) is 5.42. The number of hydrogen-bond donors (Lipinski definition) is 2. The van der Waals surface area contributed by atoms with Gasteiger partial charge in [0.2, 0.25) is 0 Å². The monoisotopic (exact) mass is 336 g/mol. The van der Waals surface area contributed by atoms with Gasteiger partial charge in [0.1, 0.15) is 0 Å². The van der Waals surface area contributed by atoms with E-state index in [-0.39, 0.29) is 17.9 Å². The summed E-state index contributed by atoms with van der Waals surface area (Å²) in [5.74, 6) is 1.15. The quantitative estimate of drug-likeness (QED) is 0.765.